The summed E-state index contributed by atoms with van der Waals surface area (Å²) in [5.41, 5.74) is 1.10. The number of pyridine rings is 1. The summed E-state index contributed by atoms with van der Waals surface area (Å²) in [5, 5.41) is 3.34. The van der Waals surface area contributed by atoms with Gasteiger partial charge in [0, 0.05) is 19.3 Å². The molecule has 2 rings (SSSR count). The van der Waals surface area contributed by atoms with Crippen molar-refractivity contribution in [3.8, 4) is 5.75 Å². The predicted molar refractivity (Wildman–Crippen MR) is 79.0 cm³/mol. The van der Waals surface area contributed by atoms with Gasteiger partial charge >= 0.3 is 0 Å². The molecule has 0 aliphatic carbocycles. The van der Waals surface area contributed by atoms with Gasteiger partial charge in [-0.2, -0.15) is 0 Å². The summed E-state index contributed by atoms with van der Waals surface area (Å²) in [5.74, 6) is 0.807. The van der Waals surface area contributed by atoms with Crippen LogP contribution in [0, 0.1) is 0 Å². The van der Waals surface area contributed by atoms with Gasteiger partial charge in [-0.05, 0) is 39.6 Å². The molecule has 0 amide bonds. The standard InChI is InChI=1S/C15H25N3O2/c1-11(2)20-13-7-12(8-17-9-13)15(16-3)14-10-18(4)5-6-19-14/h7-9,11,14-16H,5-6,10H2,1-4H3. The van der Waals surface area contributed by atoms with Gasteiger partial charge in [-0.3, -0.25) is 4.98 Å². The van der Waals surface area contributed by atoms with Crippen LogP contribution in [0.15, 0.2) is 18.5 Å². The van der Waals surface area contributed by atoms with Crippen molar-refractivity contribution < 1.29 is 9.47 Å². The topological polar surface area (TPSA) is 46.6 Å². The largest absolute Gasteiger partial charge is 0.489 e. The van der Waals surface area contributed by atoms with E-state index in [4.69, 9.17) is 9.47 Å². The molecule has 5 nitrogen and oxygen atoms in total. The van der Waals surface area contributed by atoms with E-state index in [0.717, 1.165) is 31.0 Å². The Hall–Kier alpha value is -1.17. The summed E-state index contributed by atoms with van der Waals surface area (Å²) in [6, 6.07) is 2.17. The van der Waals surface area contributed by atoms with Crippen LogP contribution in [0.2, 0.25) is 0 Å². The third-order valence-corrected chi connectivity index (χ3v) is 3.44. The van der Waals surface area contributed by atoms with Crippen LogP contribution in [0.5, 0.6) is 5.75 Å². The number of aromatic nitrogens is 1. The lowest BCUT2D eigenvalue weighted by molar-refractivity contribution is -0.0381. The van der Waals surface area contributed by atoms with Gasteiger partial charge in [0.2, 0.25) is 0 Å². The Morgan fingerprint density at radius 3 is 2.90 bits per heavy atom. The maximum Gasteiger partial charge on any atom is 0.138 e. The van der Waals surface area contributed by atoms with Gasteiger partial charge in [0.25, 0.3) is 0 Å². The van der Waals surface area contributed by atoms with E-state index in [-0.39, 0.29) is 18.2 Å². The second kappa shape index (κ2) is 7.02. The van der Waals surface area contributed by atoms with Crippen LogP contribution in [-0.4, -0.2) is 55.9 Å². The fourth-order valence-corrected chi connectivity index (χ4v) is 2.52. The fourth-order valence-electron chi connectivity index (χ4n) is 2.52. The first-order valence-corrected chi connectivity index (χ1v) is 7.19. The molecule has 1 saturated heterocycles. The number of morpholine rings is 1. The third kappa shape index (κ3) is 3.91. The van der Waals surface area contributed by atoms with Crippen molar-refractivity contribution in [1.82, 2.24) is 15.2 Å². The zero-order valence-corrected chi connectivity index (χ0v) is 12.8. The second-order valence-electron chi connectivity index (χ2n) is 5.56. The highest BCUT2D eigenvalue weighted by Gasteiger charge is 2.27. The van der Waals surface area contributed by atoms with Crippen molar-refractivity contribution in [2.45, 2.75) is 32.1 Å². The molecule has 5 heteroatoms. The molecular formula is C15H25N3O2. The molecule has 0 saturated carbocycles. The summed E-state index contributed by atoms with van der Waals surface area (Å²) in [7, 11) is 4.08. The Kier molecular flexibility index (Phi) is 5.34. The van der Waals surface area contributed by atoms with Gasteiger partial charge in [-0.15, -0.1) is 0 Å². The highest BCUT2D eigenvalue weighted by Crippen LogP contribution is 2.24. The normalized spacial score (nSPS) is 21.9. The van der Waals surface area contributed by atoms with Crippen molar-refractivity contribution in [2.75, 3.05) is 33.8 Å². The minimum Gasteiger partial charge on any atom is -0.489 e. The molecule has 0 radical (unpaired) electrons. The predicted octanol–water partition coefficient (Wildman–Crippen LogP) is 1.46. The summed E-state index contributed by atoms with van der Waals surface area (Å²) >= 11 is 0. The molecule has 0 aromatic carbocycles. The second-order valence-corrected chi connectivity index (χ2v) is 5.56. The highest BCUT2D eigenvalue weighted by atomic mass is 16.5. The summed E-state index contributed by atoms with van der Waals surface area (Å²) in [4.78, 5) is 6.58. The van der Waals surface area contributed by atoms with Gasteiger partial charge < -0.3 is 19.7 Å². The Labute approximate surface area is 121 Å². The van der Waals surface area contributed by atoms with Crippen LogP contribution in [0.1, 0.15) is 25.5 Å². The van der Waals surface area contributed by atoms with Crippen LogP contribution in [0.25, 0.3) is 0 Å². The molecule has 2 heterocycles. The van der Waals surface area contributed by atoms with E-state index in [1.54, 1.807) is 6.20 Å². The Bertz CT molecular complexity index is 425. The number of hydrogen-bond donors (Lipinski definition) is 1. The molecule has 0 bridgehead atoms. The Morgan fingerprint density at radius 1 is 1.45 bits per heavy atom. The molecular weight excluding hydrogens is 254 g/mol. The van der Waals surface area contributed by atoms with E-state index in [2.05, 4.69) is 22.2 Å². The summed E-state index contributed by atoms with van der Waals surface area (Å²) in [6.45, 7) is 6.71. The molecule has 1 aliphatic rings. The van der Waals surface area contributed by atoms with E-state index >= 15 is 0 Å². The zero-order chi connectivity index (χ0) is 14.5. The van der Waals surface area contributed by atoms with Crippen LogP contribution in [-0.2, 0) is 4.74 Å². The molecule has 2 atom stereocenters. The van der Waals surface area contributed by atoms with Gasteiger partial charge in [-0.1, -0.05) is 0 Å². The maximum absolute atomic E-state index is 5.90. The lowest BCUT2D eigenvalue weighted by Crippen LogP contribution is -2.46. The number of likely N-dealkylation sites (N-methyl/N-ethyl adjacent to an activating group) is 2. The molecule has 1 aromatic heterocycles. The minimum atomic E-state index is 0.126. The third-order valence-electron chi connectivity index (χ3n) is 3.44. The van der Waals surface area contributed by atoms with Gasteiger partial charge in [0.15, 0.2) is 0 Å². The molecule has 20 heavy (non-hydrogen) atoms. The highest BCUT2D eigenvalue weighted by molar-refractivity contribution is 5.27. The van der Waals surface area contributed by atoms with Crippen LogP contribution < -0.4 is 10.1 Å². The van der Waals surface area contributed by atoms with E-state index < -0.39 is 0 Å². The van der Waals surface area contributed by atoms with Crippen molar-refractivity contribution in [2.24, 2.45) is 0 Å². The van der Waals surface area contributed by atoms with Crippen LogP contribution >= 0.6 is 0 Å². The molecule has 2 unspecified atom stereocenters. The average Bonchev–Trinajstić information content (AvgIpc) is 2.39. The SMILES string of the molecule is CNC(c1cncc(OC(C)C)c1)C1CN(C)CCO1. The average molecular weight is 279 g/mol. The maximum atomic E-state index is 5.90. The van der Waals surface area contributed by atoms with Crippen molar-refractivity contribution >= 4 is 0 Å². The quantitative estimate of drug-likeness (QED) is 0.884. The lowest BCUT2D eigenvalue weighted by Gasteiger charge is -2.35. The van der Waals surface area contributed by atoms with E-state index in [9.17, 15) is 0 Å². The van der Waals surface area contributed by atoms with Crippen LogP contribution in [0.3, 0.4) is 0 Å². The zero-order valence-electron chi connectivity index (χ0n) is 12.8. The minimum absolute atomic E-state index is 0.126. The molecule has 1 aliphatic heterocycles. The monoisotopic (exact) mass is 279 g/mol. The Balaban J connectivity index is 2.14. The molecule has 1 N–H and O–H groups in total. The lowest BCUT2D eigenvalue weighted by atomic mass is 10.0. The smallest absolute Gasteiger partial charge is 0.138 e. The van der Waals surface area contributed by atoms with E-state index in [1.165, 1.54) is 0 Å². The first-order valence-electron chi connectivity index (χ1n) is 7.19. The summed E-state index contributed by atoms with van der Waals surface area (Å²) < 4.78 is 11.6. The summed E-state index contributed by atoms with van der Waals surface area (Å²) in [6.07, 6.45) is 3.92. The number of ether oxygens (including phenoxy) is 2. The van der Waals surface area contributed by atoms with Gasteiger partial charge in [-0.25, -0.2) is 0 Å². The Morgan fingerprint density at radius 2 is 2.25 bits per heavy atom. The van der Waals surface area contributed by atoms with Gasteiger partial charge in [0.1, 0.15) is 5.75 Å². The number of rotatable bonds is 5. The van der Waals surface area contributed by atoms with Crippen molar-refractivity contribution in [3.05, 3.63) is 24.0 Å². The van der Waals surface area contributed by atoms with Crippen molar-refractivity contribution in [3.63, 3.8) is 0 Å². The number of hydrogen-bond acceptors (Lipinski definition) is 5. The van der Waals surface area contributed by atoms with E-state index in [0.29, 0.717) is 0 Å². The molecule has 0 spiro atoms. The molecule has 1 fully saturated rings. The molecule has 112 valence electrons. The first-order chi connectivity index (χ1) is 9.60. The molecule has 1 aromatic rings. The van der Waals surface area contributed by atoms with E-state index in [1.807, 2.05) is 33.2 Å². The van der Waals surface area contributed by atoms with Crippen molar-refractivity contribution in [1.29, 1.82) is 0 Å². The van der Waals surface area contributed by atoms with Crippen LogP contribution in [0.4, 0.5) is 0 Å². The first kappa shape index (κ1) is 15.2. The van der Waals surface area contributed by atoms with Gasteiger partial charge in [0.05, 0.1) is 31.1 Å². The number of nitrogens with zero attached hydrogens (tertiary/aromatic N) is 2. The fraction of sp³-hybridized carbons (Fsp3) is 0.667. The number of nitrogens with one attached hydrogen (secondary N) is 1.